The lowest BCUT2D eigenvalue weighted by atomic mass is 10.2. The number of esters is 1. The third-order valence-corrected chi connectivity index (χ3v) is 4.23. The normalized spacial score (nSPS) is 10.5. The maximum absolute atomic E-state index is 13.0. The molecular weight excluding hydrogens is 391 g/mol. The summed E-state index contributed by atoms with van der Waals surface area (Å²) in [5, 5.41) is 12.3. The van der Waals surface area contributed by atoms with Gasteiger partial charge in [0.15, 0.2) is 6.61 Å². The zero-order valence-electron chi connectivity index (χ0n) is 15.3. The van der Waals surface area contributed by atoms with E-state index in [2.05, 4.69) is 5.32 Å². The van der Waals surface area contributed by atoms with Gasteiger partial charge in [-0.3, -0.25) is 4.79 Å². The number of fused-ring (bicyclic) bond motifs is 1. The summed E-state index contributed by atoms with van der Waals surface area (Å²) < 4.78 is 28.8. The van der Waals surface area contributed by atoms with E-state index >= 15 is 0 Å². The Morgan fingerprint density at radius 2 is 1.80 bits per heavy atom. The van der Waals surface area contributed by atoms with E-state index in [1.807, 2.05) is 6.07 Å². The molecule has 0 aliphatic carbocycles. The Hall–Kier alpha value is -4.38. The van der Waals surface area contributed by atoms with Crippen LogP contribution in [0.25, 0.3) is 22.3 Å². The molecule has 0 aliphatic heterocycles. The maximum Gasteiger partial charge on any atom is 0.374 e. The van der Waals surface area contributed by atoms with Crippen molar-refractivity contribution in [3.8, 4) is 17.4 Å². The molecule has 0 bridgehead atoms. The summed E-state index contributed by atoms with van der Waals surface area (Å²) in [6.45, 7) is -0.588. The molecule has 0 aliphatic rings. The summed E-state index contributed by atoms with van der Waals surface area (Å²) in [6.07, 6.45) is 0. The number of furan rings is 2. The number of hydrogen-bond acceptors (Lipinski definition) is 6. The van der Waals surface area contributed by atoms with Crippen LogP contribution in [-0.4, -0.2) is 18.5 Å². The molecule has 2 heterocycles. The van der Waals surface area contributed by atoms with Gasteiger partial charge in [0.25, 0.3) is 5.91 Å². The van der Waals surface area contributed by atoms with Gasteiger partial charge < -0.3 is 18.9 Å². The summed E-state index contributed by atoms with van der Waals surface area (Å²) in [5.41, 5.74) is 1.25. The molecule has 0 spiro atoms. The van der Waals surface area contributed by atoms with Crippen LogP contribution in [0, 0.1) is 17.1 Å². The molecule has 2 aromatic carbocycles. The summed E-state index contributed by atoms with van der Waals surface area (Å²) in [7, 11) is 0. The number of ether oxygens (including phenoxy) is 1. The van der Waals surface area contributed by atoms with Gasteiger partial charge in [0.05, 0.1) is 0 Å². The Morgan fingerprint density at radius 3 is 2.57 bits per heavy atom. The van der Waals surface area contributed by atoms with Crippen LogP contribution in [-0.2, 0) is 9.53 Å². The molecule has 7 nitrogen and oxygen atoms in total. The highest BCUT2D eigenvalue weighted by Crippen LogP contribution is 2.30. The third-order valence-electron chi connectivity index (χ3n) is 4.23. The first-order valence-electron chi connectivity index (χ1n) is 8.79. The standard InChI is InChI=1S/C22H13FN2O5/c23-14-7-5-13(6-8-14)16-9-10-18(29-16)22(27)28-12-20(26)25-21-15-3-1-2-4-17(15)30-19(21)11-24/h1-10H,12H2,(H,25,26). The van der Waals surface area contributed by atoms with Crippen molar-refractivity contribution in [3.05, 3.63) is 78.0 Å². The molecule has 0 saturated carbocycles. The van der Waals surface area contributed by atoms with Gasteiger partial charge in [0, 0.05) is 10.9 Å². The van der Waals surface area contributed by atoms with Crippen molar-refractivity contribution >= 4 is 28.5 Å². The molecule has 0 radical (unpaired) electrons. The van der Waals surface area contributed by atoms with E-state index in [-0.39, 0.29) is 23.0 Å². The van der Waals surface area contributed by atoms with Gasteiger partial charge in [-0.05, 0) is 48.5 Å². The first-order chi connectivity index (χ1) is 14.5. The van der Waals surface area contributed by atoms with Crippen LogP contribution in [0.15, 0.2) is 69.5 Å². The number of benzene rings is 2. The van der Waals surface area contributed by atoms with Crippen molar-refractivity contribution in [2.24, 2.45) is 0 Å². The predicted molar refractivity (Wildman–Crippen MR) is 104 cm³/mol. The molecular formula is C22H13FN2O5. The number of carbonyl (C=O) groups excluding carboxylic acids is 2. The number of carbonyl (C=O) groups is 2. The van der Waals surface area contributed by atoms with Gasteiger partial charge >= 0.3 is 5.97 Å². The Kier molecular flexibility index (Phi) is 5.01. The number of para-hydroxylation sites is 1. The smallest absolute Gasteiger partial charge is 0.374 e. The minimum Gasteiger partial charge on any atom is -0.450 e. The molecule has 8 heteroatoms. The average molecular weight is 404 g/mol. The van der Waals surface area contributed by atoms with E-state index in [0.29, 0.717) is 22.3 Å². The summed E-state index contributed by atoms with van der Waals surface area (Å²) in [6, 6.07) is 17.2. The Balaban J connectivity index is 1.41. The van der Waals surface area contributed by atoms with E-state index in [4.69, 9.17) is 13.6 Å². The zero-order valence-corrected chi connectivity index (χ0v) is 15.3. The topological polar surface area (TPSA) is 105 Å². The van der Waals surface area contributed by atoms with Crippen molar-refractivity contribution < 1.29 is 27.6 Å². The SMILES string of the molecule is N#Cc1oc2ccccc2c1NC(=O)COC(=O)c1ccc(-c2ccc(F)cc2)o1. The fourth-order valence-corrected chi connectivity index (χ4v) is 2.84. The van der Waals surface area contributed by atoms with E-state index in [1.165, 1.54) is 30.3 Å². The van der Waals surface area contributed by atoms with Crippen molar-refractivity contribution in [2.45, 2.75) is 0 Å². The number of nitrogens with one attached hydrogen (secondary N) is 1. The largest absolute Gasteiger partial charge is 0.450 e. The van der Waals surface area contributed by atoms with Crippen LogP contribution >= 0.6 is 0 Å². The number of hydrogen-bond donors (Lipinski definition) is 1. The summed E-state index contributed by atoms with van der Waals surface area (Å²) >= 11 is 0. The monoisotopic (exact) mass is 404 g/mol. The van der Waals surface area contributed by atoms with Gasteiger partial charge in [0.2, 0.25) is 11.5 Å². The lowest BCUT2D eigenvalue weighted by molar-refractivity contribution is -0.119. The second-order valence-electron chi connectivity index (χ2n) is 6.21. The van der Waals surface area contributed by atoms with Gasteiger partial charge in [-0.1, -0.05) is 12.1 Å². The second kappa shape index (κ2) is 7.93. The van der Waals surface area contributed by atoms with Crippen molar-refractivity contribution in [3.63, 3.8) is 0 Å². The molecule has 1 amide bonds. The fraction of sp³-hybridized carbons (Fsp3) is 0.0455. The first-order valence-corrected chi connectivity index (χ1v) is 8.79. The Bertz CT molecular complexity index is 1280. The Labute approximate surface area is 169 Å². The van der Waals surface area contributed by atoms with E-state index < -0.39 is 18.5 Å². The molecule has 4 aromatic rings. The third kappa shape index (κ3) is 3.77. The number of rotatable bonds is 5. The van der Waals surface area contributed by atoms with Crippen LogP contribution in [0.1, 0.15) is 16.3 Å². The zero-order chi connectivity index (χ0) is 21.1. The van der Waals surface area contributed by atoms with Crippen molar-refractivity contribution in [2.75, 3.05) is 11.9 Å². The molecule has 0 saturated heterocycles. The van der Waals surface area contributed by atoms with Crippen LogP contribution in [0.2, 0.25) is 0 Å². The van der Waals surface area contributed by atoms with Gasteiger partial charge in [-0.25, -0.2) is 9.18 Å². The van der Waals surface area contributed by atoms with Crippen LogP contribution in [0.4, 0.5) is 10.1 Å². The van der Waals surface area contributed by atoms with Crippen molar-refractivity contribution in [1.82, 2.24) is 0 Å². The lowest BCUT2D eigenvalue weighted by Crippen LogP contribution is -2.21. The van der Waals surface area contributed by atoms with Crippen LogP contribution in [0.5, 0.6) is 0 Å². The highest BCUT2D eigenvalue weighted by molar-refractivity contribution is 6.03. The summed E-state index contributed by atoms with van der Waals surface area (Å²) in [4.78, 5) is 24.4. The number of nitriles is 1. The lowest BCUT2D eigenvalue weighted by Gasteiger charge is -2.05. The molecule has 2 aromatic heterocycles. The molecule has 148 valence electrons. The van der Waals surface area contributed by atoms with E-state index in [9.17, 15) is 19.2 Å². The number of anilines is 1. The first kappa shape index (κ1) is 19.0. The Morgan fingerprint density at radius 1 is 1.03 bits per heavy atom. The molecule has 30 heavy (non-hydrogen) atoms. The minimum absolute atomic E-state index is 0.0501. The van der Waals surface area contributed by atoms with E-state index in [0.717, 1.165) is 0 Å². The fourth-order valence-electron chi connectivity index (χ4n) is 2.84. The minimum atomic E-state index is -0.837. The van der Waals surface area contributed by atoms with Gasteiger partial charge in [0.1, 0.15) is 28.9 Å². The summed E-state index contributed by atoms with van der Waals surface area (Å²) in [5.74, 6) is -1.66. The quantitative estimate of drug-likeness (QED) is 0.491. The van der Waals surface area contributed by atoms with E-state index in [1.54, 1.807) is 30.3 Å². The molecule has 0 fully saturated rings. The highest BCUT2D eigenvalue weighted by Gasteiger charge is 2.19. The molecule has 0 atom stereocenters. The maximum atomic E-state index is 13.0. The number of halogens is 1. The highest BCUT2D eigenvalue weighted by atomic mass is 19.1. The molecule has 4 rings (SSSR count). The predicted octanol–water partition coefficient (Wildman–Crippen LogP) is 4.50. The van der Waals surface area contributed by atoms with Gasteiger partial charge in [-0.2, -0.15) is 5.26 Å². The van der Waals surface area contributed by atoms with Crippen LogP contribution < -0.4 is 5.32 Å². The van der Waals surface area contributed by atoms with Gasteiger partial charge in [-0.15, -0.1) is 0 Å². The number of nitrogens with zero attached hydrogens (tertiary/aromatic N) is 1. The molecule has 0 unspecified atom stereocenters. The number of amides is 1. The average Bonchev–Trinajstić information content (AvgIpc) is 3.38. The van der Waals surface area contributed by atoms with Crippen LogP contribution in [0.3, 0.4) is 0 Å². The molecule has 1 N–H and O–H groups in total. The second-order valence-corrected chi connectivity index (χ2v) is 6.21. The van der Waals surface area contributed by atoms with Crippen molar-refractivity contribution in [1.29, 1.82) is 5.26 Å².